The highest BCUT2D eigenvalue weighted by molar-refractivity contribution is 6.33. The smallest absolute Gasteiger partial charge is 0.162 e. The quantitative estimate of drug-likeness (QED) is 0.186. The highest BCUT2D eigenvalue weighted by Crippen LogP contribution is 2.58. The van der Waals surface area contributed by atoms with E-state index in [0.717, 1.165) is 33.8 Å². The van der Waals surface area contributed by atoms with Crippen molar-refractivity contribution in [2.75, 3.05) is 0 Å². The molecule has 250 valence electrons. The maximum absolute atomic E-state index is 5.44. The molecule has 4 heteroatoms. The van der Waals surface area contributed by atoms with Crippen molar-refractivity contribution in [2.45, 2.75) is 19.3 Å². The lowest BCUT2D eigenvalue weighted by atomic mass is 9.81. The molecule has 0 saturated carbocycles. The summed E-state index contributed by atoms with van der Waals surface area (Å²) >= 11 is 0. The van der Waals surface area contributed by atoms with Gasteiger partial charge in [-0.3, -0.25) is 4.57 Å². The van der Waals surface area contributed by atoms with Crippen LogP contribution in [0.3, 0.4) is 0 Å². The minimum absolute atomic E-state index is 0.306. The molecular formula is C49H34N4. The van der Waals surface area contributed by atoms with Crippen molar-refractivity contribution in [3.63, 3.8) is 0 Å². The van der Waals surface area contributed by atoms with Crippen LogP contribution in [0.1, 0.15) is 25.0 Å². The summed E-state index contributed by atoms with van der Waals surface area (Å²) in [6.07, 6.45) is 0. The van der Waals surface area contributed by atoms with Crippen LogP contribution in [0.5, 0.6) is 0 Å². The summed E-state index contributed by atoms with van der Waals surface area (Å²) in [4.78, 5) is 10.6. The molecule has 0 atom stereocenters. The first kappa shape index (κ1) is 29.9. The maximum atomic E-state index is 5.44. The number of hydrogen-bond donors (Lipinski definition) is 0. The SMILES string of the molecule is CC1(C)c2ccccc2-c2c1c1c(c3ccccc3n1-c1cc(-c3ccccc3)nc(-c3ccccc3)n1)c1c3ccccc3n(-c3ccccc3)c21. The molecule has 53 heavy (non-hydrogen) atoms. The number of fused-ring (bicyclic) bond motifs is 12. The molecule has 0 radical (unpaired) electrons. The highest BCUT2D eigenvalue weighted by atomic mass is 15.1. The van der Waals surface area contributed by atoms with Gasteiger partial charge < -0.3 is 4.57 Å². The van der Waals surface area contributed by atoms with Crippen LogP contribution < -0.4 is 0 Å². The first-order valence-electron chi connectivity index (χ1n) is 18.3. The van der Waals surface area contributed by atoms with Crippen molar-refractivity contribution < 1.29 is 0 Å². The van der Waals surface area contributed by atoms with Crippen molar-refractivity contribution in [3.05, 3.63) is 181 Å². The van der Waals surface area contributed by atoms with Gasteiger partial charge in [-0.15, -0.1) is 0 Å². The Morgan fingerprint density at radius 1 is 0.491 bits per heavy atom. The maximum Gasteiger partial charge on any atom is 0.162 e. The second kappa shape index (κ2) is 11.1. The van der Waals surface area contributed by atoms with Crippen molar-refractivity contribution in [1.29, 1.82) is 0 Å². The number of hydrogen-bond acceptors (Lipinski definition) is 2. The van der Waals surface area contributed by atoms with Crippen molar-refractivity contribution >= 4 is 43.6 Å². The predicted molar refractivity (Wildman–Crippen MR) is 219 cm³/mol. The van der Waals surface area contributed by atoms with Crippen molar-refractivity contribution in [3.8, 4) is 45.3 Å². The zero-order valence-electron chi connectivity index (χ0n) is 29.5. The first-order valence-corrected chi connectivity index (χ1v) is 18.3. The van der Waals surface area contributed by atoms with E-state index in [2.05, 4.69) is 187 Å². The van der Waals surface area contributed by atoms with E-state index < -0.39 is 0 Å². The van der Waals surface area contributed by atoms with Gasteiger partial charge in [0.15, 0.2) is 5.82 Å². The fourth-order valence-corrected chi connectivity index (χ4v) is 9.05. The summed E-state index contributed by atoms with van der Waals surface area (Å²) in [5, 5.41) is 4.96. The van der Waals surface area contributed by atoms with E-state index in [9.17, 15) is 0 Å². The molecule has 0 saturated heterocycles. The van der Waals surface area contributed by atoms with Crippen LogP contribution in [0.15, 0.2) is 170 Å². The van der Waals surface area contributed by atoms with Crippen molar-refractivity contribution in [2.24, 2.45) is 0 Å². The largest absolute Gasteiger partial charge is 0.309 e. The van der Waals surface area contributed by atoms with Gasteiger partial charge in [-0.25, -0.2) is 9.97 Å². The molecule has 10 aromatic rings. The summed E-state index contributed by atoms with van der Waals surface area (Å²) in [6, 6.07) is 60.6. The minimum Gasteiger partial charge on any atom is -0.309 e. The van der Waals surface area contributed by atoms with Gasteiger partial charge in [-0.2, -0.15) is 0 Å². The molecule has 4 nitrogen and oxygen atoms in total. The first-order chi connectivity index (χ1) is 26.1. The van der Waals surface area contributed by atoms with E-state index in [-0.39, 0.29) is 5.41 Å². The molecule has 0 unspecified atom stereocenters. The molecule has 1 aliphatic rings. The van der Waals surface area contributed by atoms with Crippen LogP contribution in [0, 0.1) is 0 Å². The zero-order chi connectivity index (χ0) is 35.3. The molecule has 7 aromatic carbocycles. The third-order valence-electron chi connectivity index (χ3n) is 11.3. The summed E-state index contributed by atoms with van der Waals surface area (Å²) in [5.41, 5.74) is 13.8. The molecule has 1 aliphatic carbocycles. The van der Waals surface area contributed by atoms with Gasteiger partial charge in [0.2, 0.25) is 0 Å². The lowest BCUT2D eigenvalue weighted by Gasteiger charge is -2.24. The number of benzene rings is 7. The molecule has 3 heterocycles. The number of rotatable bonds is 4. The van der Waals surface area contributed by atoms with Crippen LogP contribution in [0.2, 0.25) is 0 Å². The third kappa shape index (κ3) is 4.18. The zero-order valence-corrected chi connectivity index (χ0v) is 29.5. The van der Waals surface area contributed by atoms with Crippen LogP contribution in [-0.2, 0) is 5.41 Å². The van der Waals surface area contributed by atoms with E-state index >= 15 is 0 Å². The molecule has 11 rings (SSSR count). The van der Waals surface area contributed by atoms with E-state index in [4.69, 9.17) is 9.97 Å². The second-order valence-electron chi connectivity index (χ2n) is 14.6. The Morgan fingerprint density at radius 3 is 1.74 bits per heavy atom. The van der Waals surface area contributed by atoms with Gasteiger partial charge in [-0.1, -0.05) is 153 Å². The van der Waals surface area contributed by atoms with Gasteiger partial charge in [0, 0.05) is 55.4 Å². The number of para-hydroxylation sites is 3. The summed E-state index contributed by atoms with van der Waals surface area (Å²) in [5.74, 6) is 1.55. The average Bonchev–Trinajstić information content (AvgIpc) is 3.82. The highest BCUT2D eigenvalue weighted by Gasteiger charge is 2.42. The van der Waals surface area contributed by atoms with Gasteiger partial charge in [0.1, 0.15) is 5.82 Å². The fraction of sp³-hybridized carbons (Fsp3) is 0.0612. The molecule has 0 spiro atoms. The van der Waals surface area contributed by atoms with Crippen LogP contribution >= 0.6 is 0 Å². The van der Waals surface area contributed by atoms with Gasteiger partial charge >= 0.3 is 0 Å². The van der Waals surface area contributed by atoms with Crippen molar-refractivity contribution in [1.82, 2.24) is 19.1 Å². The van der Waals surface area contributed by atoms with E-state index in [1.165, 1.54) is 60.3 Å². The van der Waals surface area contributed by atoms with Gasteiger partial charge in [0.05, 0.1) is 27.8 Å². The topological polar surface area (TPSA) is 35.6 Å². The second-order valence-corrected chi connectivity index (χ2v) is 14.6. The Hall–Kier alpha value is -6.78. The van der Waals surface area contributed by atoms with Crippen LogP contribution in [0.4, 0.5) is 0 Å². The molecule has 0 bridgehead atoms. The molecule has 0 aliphatic heterocycles. The Labute approximate surface area is 307 Å². The van der Waals surface area contributed by atoms with E-state index in [1.54, 1.807) is 0 Å². The van der Waals surface area contributed by atoms with Crippen LogP contribution in [0.25, 0.3) is 88.9 Å². The van der Waals surface area contributed by atoms with Gasteiger partial charge in [0.25, 0.3) is 0 Å². The lowest BCUT2D eigenvalue weighted by molar-refractivity contribution is 0.664. The monoisotopic (exact) mass is 678 g/mol. The summed E-state index contributed by atoms with van der Waals surface area (Å²) in [7, 11) is 0. The minimum atomic E-state index is -0.306. The van der Waals surface area contributed by atoms with Crippen LogP contribution in [-0.4, -0.2) is 19.1 Å². The lowest BCUT2D eigenvalue weighted by Crippen LogP contribution is -2.17. The van der Waals surface area contributed by atoms with E-state index in [0.29, 0.717) is 5.82 Å². The molecule has 0 fully saturated rings. The Bertz CT molecular complexity index is 3000. The summed E-state index contributed by atoms with van der Waals surface area (Å²) in [6.45, 7) is 4.79. The average molecular weight is 679 g/mol. The molecule has 3 aromatic heterocycles. The van der Waals surface area contributed by atoms with E-state index in [1.807, 2.05) is 6.07 Å². The Kier molecular flexibility index (Phi) is 6.27. The normalized spacial score (nSPS) is 13.2. The third-order valence-corrected chi connectivity index (χ3v) is 11.3. The summed E-state index contributed by atoms with van der Waals surface area (Å²) < 4.78 is 4.94. The standard InChI is InChI=1S/C49H34N4/c1-49(2)37-27-15-12-24-34(37)44-45(49)47-43(42-35-25-13-16-28-39(35)52(46(42)44)33-22-10-5-11-23-33)36-26-14-17-29-40(36)53(47)41-30-38(31-18-6-3-7-19-31)50-48(51-41)32-20-8-4-9-21-32/h3-30H,1-2H3. The predicted octanol–water partition coefficient (Wildman–Crippen LogP) is 12.3. The molecular weight excluding hydrogens is 645 g/mol. The van der Waals surface area contributed by atoms with Gasteiger partial charge in [-0.05, 0) is 41.0 Å². The molecule has 0 amide bonds. The Balaban J connectivity index is 1.40. The number of nitrogens with zero attached hydrogens (tertiary/aromatic N) is 4. The molecule has 0 N–H and O–H groups in total. The Morgan fingerprint density at radius 2 is 1.04 bits per heavy atom. The number of aromatic nitrogens is 4. The fourth-order valence-electron chi connectivity index (χ4n) is 9.05.